The molecular formula is C36H61LiO6S2. The van der Waals surface area contributed by atoms with Crippen molar-refractivity contribution in [2.24, 2.45) is 0 Å². The molecule has 9 heteroatoms. The normalized spacial score (nSPS) is 11.5. The second kappa shape index (κ2) is 26.9. The van der Waals surface area contributed by atoms with Crippen molar-refractivity contribution >= 4 is 39.1 Å². The van der Waals surface area contributed by atoms with Crippen LogP contribution >= 0.6 is 0 Å². The van der Waals surface area contributed by atoms with Crippen LogP contribution in [-0.4, -0.2) is 44.8 Å². The first-order valence-corrected chi connectivity index (χ1v) is 20.1. The van der Waals surface area contributed by atoms with E-state index in [1.807, 2.05) is 12.1 Å². The van der Waals surface area contributed by atoms with Crippen molar-refractivity contribution in [2.75, 3.05) is 0 Å². The van der Waals surface area contributed by atoms with Crippen LogP contribution in [0.4, 0.5) is 0 Å². The zero-order valence-electron chi connectivity index (χ0n) is 27.5. The molecular weight excluding hydrogens is 599 g/mol. The minimum atomic E-state index is -4.10. The molecule has 0 saturated carbocycles. The van der Waals surface area contributed by atoms with Crippen molar-refractivity contribution in [2.45, 2.75) is 165 Å². The molecule has 0 amide bonds. The average molecular weight is 661 g/mol. The van der Waals surface area contributed by atoms with Crippen molar-refractivity contribution < 1.29 is 25.9 Å². The summed E-state index contributed by atoms with van der Waals surface area (Å²) in [4.78, 5) is 0.122. The Hall–Kier alpha value is -1.14. The van der Waals surface area contributed by atoms with E-state index < -0.39 is 20.2 Å². The number of hydrogen-bond donors (Lipinski definition) is 2. The number of aryl methyl sites for hydroxylation is 2. The summed E-state index contributed by atoms with van der Waals surface area (Å²) in [7, 11) is -8.19. The fourth-order valence-electron chi connectivity index (χ4n) is 5.53. The van der Waals surface area contributed by atoms with E-state index in [1.165, 1.54) is 115 Å². The van der Waals surface area contributed by atoms with Crippen molar-refractivity contribution in [3.63, 3.8) is 0 Å². The van der Waals surface area contributed by atoms with Crippen LogP contribution in [0.5, 0.6) is 0 Å². The Kier molecular flexibility index (Phi) is 26.2. The van der Waals surface area contributed by atoms with E-state index in [0.717, 1.165) is 36.8 Å². The van der Waals surface area contributed by atoms with E-state index in [4.69, 9.17) is 0 Å². The Morgan fingerprint density at radius 2 is 0.667 bits per heavy atom. The van der Waals surface area contributed by atoms with Gasteiger partial charge in [-0.2, -0.15) is 16.8 Å². The minimum absolute atomic E-state index is 0. The van der Waals surface area contributed by atoms with Crippen LogP contribution in [0, 0.1) is 0 Å². The van der Waals surface area contributed by atoms with Crippen LogP contribution in [0.1, 0.15) is 153 Å². The van der Waals surface area contributed by atoms with Gasteiger partial charge < -0.3 is 0 Å². The summed E-state index contributed by atoms with van der Waals surface area (Å²) in [5, 5.41) is 0. The summed E-state index contributed by atoms with van der Waals surface area (Å²) in [5.41, 5.74) is 1.45. The van der Waals surface area contributed by atoms with Gasteiger partial charge in [-0.15, -0.1) is 0 Å². The molecule has 0 unspecified atom stereocenters. The summed E-state index contributed by atoms with van der Waals surface area (Å²) in [6.07, 6.45) is 26.6. The SMILES string of the molecule is CCCCCCCCCCCCc1ccccc1S(=O)(=O)O.CCCCCCCCCCCCc1ccccc1S(=O)(=O)O.[LiH]. The van der Waals surface area contributed by atoms with Crippen molar-refractivity contribution in [1.29, 1.82) is 0 Å². The van der Waals surface area contributed by atoms with Gasteiger partial charge in [0.15, 0.2) is 0 Å². The Balaban J connectivity index is 0.000000842. The van der Waals surface area contributed by atoms with Crippen molar-refractivity contribution in [3.05, 3.63) is 59.7 Å². The molecule has 6 nitrogen and oxygen atoms in total. The third-order valence-electron chi connectivity index (χ3n) is 8.10. The number of benzene rings is 2. The van der Waals surface area contributed by atoms with Gasteiger partial charge in [0.25, 0.3) is 20.2 Å². The Morgan fingerprint density at radius 3 is 0.933 bits per heavy atom. The fourth-order valence-corrected chi connectivity index (χ4v) is 7.03. The van der Waals surface area contributed by atoms with Crippen LogP contribution in [0.15, 0.2) is 58.3 Å². The van der Waals surface area contributed by atoms with E-state index in [2.05, 4.69) is 13.8 Å². The third-order valence-corrected chi connectivity index (χ3v) is 10.0. The van der Waals surface area contributed by atoms with Gasteiger partial charge >= 0.3 is 18.9 Å². The van der Waals surface area contributed by atoms with Gasteiger partial charge in [0.05, 0.1) is 9.79 Å². The van der Waals surface area contributed by atoms with E-state index in [-0.39, 0.29) is 28.7 Å². The summed E-state index contributed by atoms with van der Waals surface area (Å²) in [6.45, 7) is 4.47. The first-order chi connectivity index (χ1) is 21.1. The quantitative estimate of drug-likeness (QED) is 0.0659. The average Bonchev–Trinajstić information content (AvgIpc) is 2.99. The summed E-state index contributed by atoms with van der Waals surface area (Å²) >= 11 is 0. The molecule has 254 valence electrons. The predicted molar refractivity (Wildman–Crippen MR) is 191 cm³/mol. The monoisotopic (exact) mass is 660 g/mol. The Bertz CT molecular complexity index is 1120. The van der Waals surface area contributed by atoms with Crippen molar-refractivity contribution in [1.82, 2.24) is 0 Å². The molecule has 0 aliphatic heterocycles. The van der Waals surface area contributed by atoms with Crippen LogP contribution < -0.4 is 0 Å². The van der Waals surface area contributed by atoms with E-state index in [9.17, 15) is 25.9 Å². The molecule has 2 N–H and O–H groups in total. The van der Waals surface area contributed by atoms with Gasteiger partial charge in [-0.25, -0.2) is 0 Å². The molecule has 0 spiro atoms. The second-order valence-electron chi connectivity index (χ2n) is 12.0. The number of unbranched alkanes of at least 4 members (excludes halogenated alkanes) is 18. The van der Waals surface area contributed by atoms with Crippen LogP contribution in [0.2, 0.25) is 0 Å². The van der Waals surface area contributed by atoms with E-state index >= 15 is 0 Å². The first kappa shape index (κ1) is 43.9. The molecule has 0 heterocycles. The molecule has 0 atom stereocenters. The first-order valence-electron chi connectivity index (χ1n) is 17.2. The molecule has 2 aromatic carbocycles. The molecule has 2 rings (SSSR count). The Labute approximate surface area is 288 Å². The Morgan fingerprint density at radius 1 is 0.422 bits per heavy atom. The molecule has 0 aliphatic carbocycles. The molecule has 0 radical (unpaired) electrons. The van der Waals surface area contributed by atoms with Gasteiger partial charge in [-0.1, -0.05) is 166 Å². The van der Waals surface area contributed by atoms with Gasteiger partial charge in [0.2, 0.25) is 0 Å². The zero-order valence-corrected chi connectivity index (χ0v) is 29.2. The molecule has 0 fully saturated rings. The van der Waals surface area contributed by atoms with E-state index in [1.54, 1.807) is 24.3 Å². The van der Waals surface area contributed by atoms with Gasteiger partial charge in [-0.05, 0) is 48.9 Å². The molecule has 0 aromatic heterocycles. The topological polar surface area (TPSA) is 109 Å². The standard InChI is InChI=1S/2C18H30O3S.Li.H/c2*1-2-3-4-5-6-7-8-9-10-11-14-17-15-12-13-16-18(17)22(19,20)21;;/h2*12-13,15-16H,2-11,14H2,1H3,(H,19,20,21);;. The molecule has 0 aliphatic rings. The molecule has 45 heavy (non-hydrogen) atoms. The molecule has 0 bridgehead atoms. The number of rotatable bonds is 24. The van der Waals surface area contributed by atoms with Gasteiger partial charge in [0, 0.05) is 0 Å². The predicted octanol–water partition coefficient (Wildman–Crippen LogP) is 10.1. The fraction of sp³-hybridized carbons (Fsp3) is 0.667. The summed E-state index contributed by atoms with van der Waals surface area (Å²) in [5.74, 6) is 0. The third kappa shape index (κ3) is 22.1. The van der Waals surface area contributed by atoms with E-state index in [0.29, 0.717) is 12.8 Å². The maximum absolute atomic E-state index is 11.3. The van der Waals surface area contributed by atoms with Gasteiger partial charge in [-0.3, -0.25) is 9.11 Å². The summed E-state index contributed by atoms with van der Waals surface area (Å²) < 4.78 is 63.6. The van der Waals surface area contributed by atoms with Gasteiger partial charge in [0.1, 0.15) is 0 Å². The van der Waals surface area contributed by atoms with Crippen molar-refractivity contribution in [3.8, 4) is 0 Å². The molecule has 0 saturated heterocycles. The maximum atomic E-state index is 11.3. The van der Waals surface area contributed by atoms with Crippen LogP contribution in [0.3, 0.4) is 0 Å². The van der Waals surface area contributed by atoms with Crippen LogP contribution in [-0.2, 0) is 33.1 Å². The summed E-state index contributed by atoms with van der Waals surface area (Å²) in [6, 6.07) is 13.5. The number of hydrogen-bond acceptors (Lipinski definition) is 4. The molecule has 2 aromatic rings. The zero-order chi connectivity index (χ0) is 32.5. The van der Waals surface area contributed by atoms with Crippen LogP contribution in [0.25, 0.3) is 0 Å². The second-order valence-corrected chi connectivity index (χ2v) is 14.8.